The van der Waals surface area contributed by atoms with E-state index in [0.717, 1.165) is 84.4 Å². The molecule has 0 heterocycles. The summed E-state index contributed by atoms with van der Waals surface area (Å²) >= 11 is 0. The smallest absolute Gasteiger partial charge is 0.324 e. The van der Waals surface area contributed by atoms with E-state index in [9.17, 15) is 9.59 Å². The topological polar surface area (TPSA) is 114 Å². The number of ether oxygens (including phenoxy) is 6. The summed E-state index contributed by atoms with van der Waals surface area (Å²) in [6, 6.07) is 39.7. The van der Waals surface area contributed by atoms with Gasteiger partial charge in [-0.05, 0) is 152 Å². The van der Waals surface area contributed by atoms with Crippen LogP contribution in [0, 0.1) is 0 Å². The summed E-state index contributed by atoms with van der Waals surface area (Å²) in [6.07, 6.45) is 10.4. The fourth-order valence-corrected chi connectivity index (χ4v) is 5.84. The molecule has 320 valence electrons. The Morgan fingerprint density at radius 1 is 0.443 bits per heavy atom. The summed E-state index contributed by atoms with van der Waals surface area (Å²) in [6.45, 7) is 6.95. The molecule has 0 aliphatic rings. The number of rotatable bonds is 27. The van der Waals surface area contributed by atoms with Crippen LogP contribution in [0.4, 0.5) is 11.4 Å². The van der Waals surface area contributed by atoms with Crippen LogP contribution in [0.1, 0.15) is 87.8 Å². The van der Waals surface area contributed by atoms with Gasteiger partial charge >= 0.3 is 11.9 Å². The highest BCUT2D eigenvalue weighted by Gasteiger charge is 2.31. The SMILES string of the molecule is CCCCOc1ccc(N=Cc2ccc(OCCCCOC(=O)C(C(=O)OCCCCOc3ccc(C=Nc4ccc(OCCCC)cc4)cc3)c3ccccc3)cc2)cc1. The van der Waals surface area contributed by atoms with Gasteiger partial charge in [0, 0.05) is 12.4 Å². The molecular weight excluding hydrogens is 769 g/mol. The van der Waals surface area contributed by atoms with E-state index in [2.05, 4.69) is 23.8 Å². The zero-order chi connectivity index (χ0) is 42.7. The molecule has 5 aromatic carbocycles. The zero-order valence-corrected chi connectivity index (χ0v) is 35.4. The molecule has 0 aromatic heterocycles. The lowest BCUT2D eigenvalue weighted by molar-refractivity contribution is -0.157. The van der Waals surface area contributed by atoms with Crippen LogP contribution in [-0.4, -0.2) is 64.0 Å². The summed E-state index contributed by atoms with van der Waals surface area (Å²) in [5.41, 5.74) is 4.13. The predicted molar refractivity (Wildman–Crippen MR) is 242 cm³/mol. The van der Waals surface area contributed by atoms with E-state index in [1.54, 1.807) is 24.3 Å². The first-order valence-corrected chi connectivity index (χ1v) is 21.4. The third kappa shape index (κ3) is 17.0. The minimum Gasteiger partial charge on any atom is -0.494 e. The van der Waals surface area contributed by atoms with Crippen molar-refractivity contribution in [1.29, 1.82) is 0 Å². The van der Waals surface area contributed by atoms with Crippen LogP contribution in [0.3, 0.4) is 0 Å². The molecule has 0 atom stereocenters. The predicted octanol–water partition coefficient (Wildman–Crippen LogP) is 11.4. The molecule has 10 nitrogen and oxygen atoms in total. The monoisotopic (exact) mass is 826 g/mol. The second kappa shape index (κ2) is 26.6. The highest BCUT2D eigenvalue weighted by atomic mass is 16.6. The molecule has 0 aliphatic heterocycles. The van der Waals surface area contributed by atoms with Crippen molar-refractivity contribution in [2.45, 2.75) is 71.1 Å². The number of aliphatic imine (C=N–C) groups is 2. The Morgan fingerprint density at radius 2 is 0.787 bits per heavy atom. The van der Waals surface area contributed by atoms with Gasteiger partial charge in [-0.3, -0.25) is 19.6 Å². The maximum absolute atomic E-state index is 13.2. The molecule has 0 spiro atoms. The van der Waals surface area contributed by atoms with Gasteiger partial charge in [-0.15, -0.1) is 0 Å². The van der Waals surface area contributed by atoms with Crippen molar-refractivity contribution in [2.75, 3.05) is 39.6 Å². The van der Waals surface area contributed by atoms with E-state index in [0.29, 0.717) is 44.5 Å². The molecule has 0 bridgehead atoms. The number of carbonyl (C=O) groups excluding carboxylic acids is 2. The molecule has 61 heavy (non-hydrogen) atoms. The Labute approximate surface area is 360 Å². The van der Waals surface area contributed by atoms with Crippen molar-refractivity contribution in [3.05, 3.63) is 144 Å². The van der Waals surface area contributed by atoms with Crippen molar-refractivity contribution in [3.8, 4) is 23.0 Å². The average molecular weight is 827 g/mol. The van der Waals surface area contributed by atoms with E-state index < -0.39 is 17.9 Å². The Morgan fingerprint density at radius 3 is 1.16 bits per heavy atom. The van der Waals surface area contributed by atoms with Crippen molar-refractivity contribution in [1.82, 2.24) is 0 Å². The summed E-state index contributed by atoms with van der Waals surface area (Å²) in [5, 5.41) is 0. The number of esters is 2. The van der Waals surface area contributed by atoms with Crippen LogP contribution in [0.25, 0.3) is 0 Å². The minimum absolute atomic E-state index is 0.161. The van der Waals surface area contributed by atoms with Crippen LogP contribution in [-0.2, 0) is 19.1 Å². The Hall–Kier alpha value is -6.42. The van der Waals surface area contributed by atoms with Crippen molar-refractivity contribution in [3.63, 3.8) is 0 Å². The third-order valence-corrected chi connectivity index (χ3v) is 9.40. The van der Waals surface area contributed by atoms with Gasteiger partial charge in [-0.1, -0.05) is 57.0 Å². The van der Waals surface area contributed by atoms with Crippen molar-refractivity contribution < 1.29 is 38.0 Å². The maximum atomic E-state index is 13.2. The molecule has 0 unspecified atom stereocenters. The largest absolute Gasteiger partial charge is 0.494 e. The van der Waals surface area contributed by atoms with Crippen LogP contribution >= 0.6 is 0 Å². The van der Waals surface area contributed by atoms with E-state index in [4.69, 9.17) is 28.4 Å². The summed E-state index contributed by atoms with van der Waals surface area (Å²) in [5.74, 6) is 0.752. The molecule has 0 amide bonds. The second-order valence-corrected chi connectivity index (χ2v) is 14.3. The molecule has 0 saturated carbocycles. The summed E-state index contributed by atoms with van der Waals surface area (Å²) in [7, 11) is 0. The summed E-state index contributed by atoms with van der Waals surface area (Å²) < 4.78 is 34.3. The molecule has 0 N–H and O–H groups in total. The van der Waals surface area contributed by atoms with Crippen molar-refractivity contribution in [2.24, 2.45) is 9.98 Å². The number of nitrogens with zero attached hydrogens (tertiary/aromatic N) is 2. The maximum Gasteiger partial charge on any atom is 0.324 e. The van der Waals surface area contributed by atoms with E-state index >= 15 is 0 Å². The standard InChI is InChI=1S/C51H58N2O8/c1-3-5-32-56-47-28-20-43(21-29-47)52-38-40-16-24-45(25-17-40)58-34-10-12-36-60-50(54)49(42-14-8-7-9-15-42)51(55)61-37-13-11-35-59-46-26-18-41(19-27-46)39-53-44-22-30-48(31-23-44)57-33-6-4-2/h7-9,14-31,38-39,49H,3-6,10-13,32-37H2,1-2H3. The van der Waals surface area contributed by atoms with Crippen LogP contribution < -0.4 is 18.9 Å². The third-order valence-electron chi connectivity index (χ3n) is 9.40. The van der Waals surface area contributed by atoms with Gasteiger partial charge in [0.05, 0.1) is 51.0 Å². The molecule has 10 heteroatoms. The lowest BCUT2D eigenvalue weighted by Crippen LogP contribution is -2.27. The first-order chi connectivity index (χ1) is 30.0. The number of carbonyl (C=O) groups is 2. The van der Waals surface area contributed by atoms with Gasteiger partial charge in [0.2, 0.25) is 0 Å². The van der Waals surface area contributed by atoms with Crippen LogP contribution in [0.15, 0.2) is 137 Å². The number of hydrogen-bond acceptors (Lipinski definition) is 10. The molecule has 0 aliphatic carbocycles. The molecule has 0 fully saturated rings. The molecular formula is C51H58N2O8. The Kier molecular flexibility index (Phi) is 19.9. The van der Waals surface area contributed by atoms with E-state index in [1.165, 1.54) is 0 Å². The van der Waals surface area contributed by atoms with Gasteiger partial charge in [0.15, 0.2) is 5.92 Å². The first-order valence-electron chi connectivity index (χ1n) is 21.4. The lowest BCUT2D eigenvalue weighted by atomic mass is 9.99. The minimum atomic E-state index is -1.16. The normalized spacial score (nSPS) is 11.6. The first kappa shape index (κ1) is 45.7. The van der Waals surface area contributed by atoms with Crippen LogP contribution in [0.5, 0.6) is 23.0 Å². The van der Waals surface area contributed by atoms with Crippen molar-refractivity contribution >= 4 is 35.7 Å². The Balaban J connectivity index is 0.952. The molecule has 0 saturated heterocycles. The Bertz CT molecular complexity index is 1920. The van der Waals surface area contributed by atoms with Gasteiger partial charge in [-0.25, -0.2) is 0 Å². The summed E-state index contributed by atoms with van der Waals surface area (Å²) in [4.78, 5) is 35.4. The van der Waals surface area contributed by atoms with E-state index in [1.807, 2.05) is 116 Å². The quantitative estimate of drug-likeness (QED) is 0.0222. The van der Waals surface area contributed by atoms with E-state index in [-0.39, 0.29) is 13.2 Å². The average Bonchev–Trinajstić information content (AvgIpc) is 3.29. The fourth-order valence-electron chi connectivity index (χ4n) is 5.84. The molecule has 0 radical (unpaired) electrons. The number of hydrogen-bond donors (Lipinski definition) is 0. The lowest BCUT2D eigenvalue weighted by Gasteiger charge is -2.16. The van der Waals surface area contributed by atoms with Gasteiger partial charge < -0.3 is 28.4 Å². The second-order valence-electron chi connectivity index (χ2n) is 14.3. The highest BCUT2D eigenvalue weighted by Crippen LogP contribution is 2.22. The number of unbranched alkanes of at least 4 members (excludes halogenated alkanes) is 4. The zero-order valence-electron chi connectivity index (χ0n) is 35.4. The van der Waals surface area contributed by atoms with Gasteiger partial charge in [0.1, 0.15) is 23.0 Å². The fraction of sp³-hybridized carbons (Fsp3) is 0.333. The molecule has 5 aromatic rings. The molecule has 5 rings (SSSR count). The number of benzene rings is 5. The van der Waals surface area contributed by atoms with Crippen LogP contribution in [0.2, 0.25) is 0 Å². The highest BCUT2D eigenvalue weighted by molar-refractivity contribution is 6.00. The van der Waals surface area contributed by atoms with Gasteiger partial charge in [0.25, 0.3) is 0 Å². The van der Waals surface area contributed by atoms with Gasteiger partial charge in [-0.2, -0.15) is 0 Å².